The van der Waals surface area contributed by atoms with Gasteiger partial charge in [0, 0.05) is 6.04 Å². The Bertz CT molecular complexity index is 352. The van der Waals surface area contributed by atoms with E-state index in [0.717, 1.165) is 5.75 Å². The molecule has 1 atom stereocenters. The lowest BCUT2D eigenvalue weighted by molar-refractivity contribution is 0.242. The SMILES string of the molecule is CCCC(CCC)C(NC)c1ccc(OC(C)C)cc1. The van der Waals surface area contributed by atoms with Crippen molar-refractivity contribution in [1.82, 2.24) is 5.32 Å². The minimum absolute atomic E-state index is 0.230. The molecule has 0 heterocycles. The summed E-state index contributed by atoms with van der Waals surface area (Å²) in [6, 6.07) is 9.04. The summed E-state index contributed by atoms with van der Waals surface area (Å²) in [5.74, 6) is 1.67. The number of ether oxygens (including phenoxy) is 1. The summed E-state index contributed by atoms with van der Waals surface area (Å²) in [5, 5.41) is 3.51. The first kappa shape index (κ1) is 17.0. The fourth-order valence-electron chi connectivity index (χ4n) is 2.92. The van der Waals surface area contributed by atoms with Crippen molar-refractivity contribution < 1.29 is 4.74 Å². The van der Waals surface area contributed by atoms with Crippen molar-refractivity contribution in [2.75, 3.05) is 7.05 Å². The fourth-order valence-corrected chi connectivity index (χ4v) is 2.92. The first-order valence-corrected chi connectivity index (χ1v) is 8.06. The van der Waals surface area contributed by atoms with Crippen LogP contribution in [0.15, 0.2) is 24.3 Å². The van der Waals surface area contributed by atoms with Crippen molar-refractivity contribution in [3.63, 3.8) is 0 Å². The first-order chi connectivity index (χ1) is 9.62. The average molecular weight is 277 g/mol. The molecule has 0 fully saturated rings. The zero-order chi connectivity index (χ0) is 15.0. The van der Waals surface area contributed by atoms with Crippen LogP contribution in [0.3, 0.4) is 0 Å². The van der Waals surface area contributed by atoms with E-state index in [2.05, 4.69) is 64.3 Å². The number of rotatable bonds is 9. The van der Waals surface area contributed by atoms with Crippen LogP contribution in [0.25, 0.3) is 0 Å². The van der Waals surface area contributed by atoms with Crippen LogP contribution in [-0.4, -0.2) is 13.2 Å². The van der Waals surface area contributed by atoms with Crippen molar-refractivity contribution in [1.29, 1.82) is 0 Å². The molecule has 0 aliphatic rings. The van der Waals surface area contributed by atoms with Crippen LogP contribution in [0.2, 0.25) is 0 Å². The fraction of sp³-hybridized carbons (Fsp3) is 0.667. The molecule has 1 aromatic rings. The number of hydrogen-bond acceptors (Lipinski definition) is 2. The quantitative estimate of drug-likeness (QED) is 0.689. The van der Waals surface area contributed by atoms with Gasteiger partial charge in [0.05, 0.1) is 6.10 Å². The summed E-state index contributed by atoms with van der Waals surface area (Å²) < 4.78 is 5.72. The highest BCUT2D eigenvalue weighted by molar-refractivity contribution is 5.29. The summed E-state index contributed by atoms with van der Waals surface area (Å²) in [7, 11) is 2.07. The van der Waals surface area contributed by atoms with E-state index >= 15 is 0 Å². The van der Waals surface area contributed by atoms with Gasteiger partial charge in [0.1, 0.15) is 5.75 Å². The number of hydrogen-bond donors (Lipinski definition) is 1. The van der Waals surface area contributed by atoms with Crippen molar-refractivity contribution in [3.05, 3.63) is 29.8 Å². The maximum Gasteiger partial charge on any atom is 0.119 e. The minimum Gasteiger partial charge on any atom is -0.491 e. The van der Waals surface area contributed by atoms with Crippen molar-refractivity contribution >= 4 is 0 Å². The van der Waals surface area contributed by atoms with Crippen molar-refractivity contribution in [2.24, 2.45) is 5.92 Å². The molecule has 0 aliphatic heterocycles. The van der Waals surface area contributed by atoms with Crippen LogP contribution in [0.1, 0.15) is 65.0 Å². The molecular weight excluding hydrogens is 246 g/mol. The van der Waals surface area contributed by atoms with Crippen LogP contribution in [0.4, 0.5) is 0 Å². The second-order valence-electron chi connectivity index (χ2n) is 5.84. The first-order valence-electron chi connectivity index (χ1n) is 8.06. The maximum absolute atomic E-state index is 5.72. The highest BCUT2D eigenvalue weighted by Crippen LogP contribution is 2.30. The molecule has 0 bridgehead atoms. The van der Waals surface area contributed by atoms with Gasteiger partial charge in [-0.05, 0) is 57.4 Å². The predicted octanol–water partition coefficient (Wildman–Crippen LogP) is 4.95. The number of benzene rings is 1. The normalized spacial score (nSPS) is 12.9. The summed E-state index contributed by atoms with van der Waals surface area (Å²) >= 11 is 0. The molecule has 0 spiro atoms. The summed E-state index contributed by atoms with van der Waals surface area (Å²) in [4.78, 5) is 0. The molecule has 1 rings (SSSR count). The molecule has 1 aromatic carbocycles. The Kier molecular flexibility index (Phi) is 7.68. The molecule has 0 aromatic heterocycles. The molecule has 0 saturated carbocycles. The van der Waals surface area contributed by atoms with Crippen LogP contribution in [-0.2, 0) is 0 Å². The van der Waals surface area contributed by atoms with Gasteiger partial charge in [-0.25, -0.2) is 0 Å². The van der Waals surface area contributed by atoms with Crippen LogP contribution in [0, 0.1) is 5.92 Å². The largest absolute Gasteiger partial charge is 0.491 e. The van der Waals surface area contributed by atoms with Gasteiger partial charge in [0.15, 0.2) is 0 Å². The van der Waals surface area contributed by atoms with E-state index in [0.29, 0.717) is 12.0 Å². The standard InChI is InChI=1S/C18H31NO/c1-6-8-15(9-7-2)18(19-5)16-10-12-17(13-11-16)20-14(3)4/h10-15,18-19H,6-9H2,1-5H3. The second kappa shape index (κ2) is 9.02. The molecule has 0 aliphatic carbocycles. The average Bonchev–Trinajstić information content (AvgIpc) is 2.41. The summed E-state index contributed by atoms with van der Waals surface area (Å²) in [6.07, 6.45) is 5.29. The third-order valence-corrected chi connectivity index (χ3v) is 3.71. The zero-order valence-electron chi connectivity index (χ0n) is 13.8. The second-order valence-corrected chi connectivity index (χ2v) is 5.84. The third-order valence-electron chi connectivity index (χ3n) is 3.71. The van der Waals surface area contributed by atoms with Gasteiger partial charge in [-0.3, -0.25) is 0 Å². The Morgan fingerprint density at radius 1 is 1.00 bits per heavy atom. The molecule has 0 amide bonds. The smallest absolute Gasteiger partial charge is 0.119 e. The van der Waals surface area contributed by atoms with Crippen LogP contribution in [0.5, 0.6) is 5.75 Å². The van der Waals surface area contributed by atoms with Gasteiger partial charge in [-0.15, -0.1) is 0 Å². The molecular formula is C18H31NO. The number of nitrogens with one attached hydrogen (secondary N) is 1. The Morgan fingerprint density at radius 3 is 1.95 bits per heavy atom. The Labute approximate surface area is 124 Å². The molecule has 0 radical (unpaired) electrons. The van der Waals surface area contributed by atoms with E-state index in [1.807, 2.05) is 0 Å². The van der Waals surface area contributed by atoms with Gasteiger partial charge >= 0.3 is 0 Å². The Morgan fingerprint density at radius 2 is 1.55 bits per heavy atom. The van der Waals surface area contributed by atoms with Gasteiger partial charge in [0.25, 0.3) is 0 Å². The Balaban J connectivity index is 2.82. The molecule has 2 nitrogen and oxygen atoms in total. The van der Waals surface area contributed by atoms with Gasteiger partial charge in [-0.2, -0.15) is 0 Å². The molecule has 114 valence electrons. The topological polar surface area (TPSA) is 21.3 Å². The Hall–Kier alpha value is -1.02. The molecule has 1 N–H and O–H groups in total. The van der Waals surface area contributed by atoms with Gasteiger partial charge in [0.2, 0.25) is 0 Å². The van der Waals surface area contributed by atoms with E-state index in [4.69, 9.17) is 4.74 Å². The van der Waals surface area contributed by atoms with E-state index in [1.54, 1.807) is 0 Å². The van der Waals surface area contributed by atoms with Crippen molar-refractivity contribution in [3.8, 4) is 5.75 Å². The predicted molar refractivity (Wildman–Crippen MR) is 87.3 cm³/mol. The summed E-state index contributed by atoms with van der Waals surface area (Å²) in [5.41, 5.74) is 1.37. The zero-order valence-corrected chi connectivity index (χ0v) is 13.8. The minimum atomic E-state index is 0.230. The lowest BCUT2D eigenvalue weighted by Gasteiger charge is -2.27. The van der Waals surface area contributed by atoms with Gasteiger partial charge < -0.3 is 10.1 Å². The highest BCUT2D eigenvalue weighted by atomic mass is 16.5. The molecule has 20 heavy (non-hydrogen) atoms. The van der Waals surface area contributed by atoms with E-state index < -0.39 is 0 Å². The monoisotopic (exact) mass is 277 g/mol. The van der Waals surface area contributed by atoms with E-state index in [9.17, 15) is 0 Å². The highest BCUT2D eigenvalue weighted by Gasteiger charge is 2.20. The van der Waals surface area contributed by atoms with Crippen LogP contribution < -0.4 is 10.1 Å². The molecule has 2 heteroatoms. The van der Waals surface area contributed by atoms with Gasteiger partial charge in [-0.1, -0.05) is 38.8 Å². The van der Waals surface area contributed by atoms with Crippen molar-refractivity contribution in [2.45, 2.75) is 65.5 Å². The molecule has 1 unspecified atom stereocenters. The summed E-state index contributed by atoms with van der Waals surface area (Å²) in [6.45, 7) is 8.66. The lowest BCUT2D eigenvalue weighted by atomic mass is 9.86. The van der Waals surface area contributed by atoms with E-state index in [1.165, 1.54) is 31.2 Å². The van der Waals surface area contributed by atoms with E-state index in [-0.39, 0.29) is 6.10 Å². The lowest BCUT2D eigenvalue weighted by Crippen LogP contribution is -2.25. The maximum atomic E-state index is 5.72. The molecule has 0 saturated heterocycles. The van der Waals surface area contributed by atoms with Crippen LogP contribution >= 0.6 is 0 Å². The third kappa shape index (κ3) is 5.16.